The summed E-state index contributed by atoms with van der Waals surface area (Å²) >= 11 is 0. The fourth-order valence-electron chi connectivity index (χ4n) is 2.09. The maximum atomic E-state index is 4.48. The molecule has 0 aliphatic heterocycles. The van der Waals surface area contributed by atoms with Crippen molar-refractivity contribution < 1.29 is 0 Å². The zero-order valence-electron chi connectivity index (χ0n) is 10.7. The van der Waals surface area contributed by atoms with E-state index in [1.54, 1.807) is 0 Å². The number of nitrogens with one attached hydrogen (secondary N) is 1. The molecule has 0 radical (unpaired) electrons. The SMILES string of the molecule is CCc1nn(C)cc1-c1cccc(CNC)c1. The van der Waals surface area contributed by atoms with E-state index < -0.39 is 0 Å². The lowest BCUT2D eigenvalue weighted by Gasteiger charge is -2.04. The molecule has 0 spiro atoms. The van der Waals surface area contributed by atoms with Gasteiger partial charge in [0.05, 0.1) is 5.69 Å². The summed E-state index contributed by atoms with van der Waals surface area (Å²) in [7, 11) is 3.94. The molecule has 2 rings (SSSR count). The minimum Gasteiger partial charge on any atom is -0.316 e. The molecule has 0 saturated carbocycles. The minimum absolute atomic E-state index is 0.898. The van der Waals surface area contributed by atoms with Crippen molar-refractivity contribution in [2.75, 3.05) is 7.05 Å². The molecule has 0 aliphatic carbocycles. The van der Waals surface area contributed by atoms with E-state index in [0.29, 0.717) is 0 Å². The van der Waals surface area contributed by atoms with E-state index in [1.165, 1.54) is 16.7 Å². The highest BCUT2D eigenvalue weighted by Gasteiger charge is 2.08. The molecule has 0 bridgehead atoms. The van der Waals surface area contributed by atoms with Gasteiger partial charge < -0.3 is 5.32 Å². The Morgan fingerprint density at radius 3 is 2.88 bits per heavy atom. The molecule has 1 N–H and O–H groups in total. The Balaban J connectivity index is 2.41. The molecule has 0 atom stereocenters. The average Bonchev–Trinajstić information content (AvgIpc) is 2.71. The molecule has 0 unspecified atom stereocenters. The van der Waals surface area contributed by atoms with E-state index in [4.69, 9.17) is 0 Å². The summed E-state index contributed by atoms with van der Waals surface area (Å²) in [6, 6.07) is 8.62. The predicted octanol–water partition coefficient (Wildman–Crippen LogP) is 2.37. The van der Waals surface area contributed by atoms with Crippen molar-refractivity contribution >= 4 is 0 Å². The quantitative estimate of drug-likeness (QED) is 0.872. The number of aromatic nitrogens is 2. The van der Waals surface area contributed by atoms with Crippen LogP contribution in [0.1, 0.15) is 18.2 Å². The average molecular weight is 229 g/mol. The van der Waals surface area contributed by atoms with Crippen LogP contribution in [0.25, 0.3) is 11.1 Å². The van der Waals surface area contributed by atoms with Crippen molar-refractivity contribution in [1.29, 1.82) is 0 Å². The third-order valence-corrected chi connectivity index (χ3v) is 2.86. The first-order valence-electron chi connectivity index (χ1n) is 6.01. The summed E-state index contributed by atoms with van der Waals surface area (Å²) in [6.45, 7) is 3.04. The molecule has 0 amide bonds. The van der Waals surface area contributed by atoms with E-state index in [0.717, 1.165) is 18.7 Å². The van der Waals surface area contributed by atoms with Crippen LogP contribution in [0, 0.1) is 0 Å². The van der Waals surface area contributed by atoms with Crippen LogP contribution in [0.4, 0.5) is 0 Å². The van der Waals surface area contributed by atoms with E-state index >= 15 is 0 Å². The zero-order valence-corrected chi connectivity index (χ0v) is 10.7. The van der Waals surface area contributed by atoms with Crippen molar-refractivity contribution in [2.24, 2.45) is 7.05 Å². The van der Waals surface area contributed by atoms with Gasteiger partial charge in [0.2, 0.25) is 0 Å². The molecule has 3 heteroatoms. The third kappa shape index (κ3) is 2.56. The molecule has 90 valence electrons. The summed E-state index contributed by atoms with van der Waals surface area (Å²) in [5, 5.41) is 7.66. The van der Waals surface area contributed by atoms with Gasteiger partial charge in [-0.15, -0.1) is 0 Å². The molecule has 1 aromatic carbocycles. The molecule has 1 heterocycles. The summed E-state index contributed by atoms with van der Waals surface area (Å²) in [6.07, 6.45) is 3.06. The van der Waals surface area contributed by atoms with Crippen molar-refractivity contribution in [1.82, 2.24) is 15.1 Å². The Hall–Kier alpha value is -1.61. The number of hydrogen-bond donors (Lipinski definition) is 1. The zero-order chi connectivity index (χ0) is 12.3. The topological polar surface area (TPSA) is 29.9 Å². The number of hydrogen-bond acceptors (Lipinski definition) is 2. The van der Waals surface area contributed by atoms with Gasteiger partial charge in [0.25, 0.3) is 0 Å². The first kappa shape index (κ1) is 11.9. The number of rotatable bonds is 4. The second kappa shape index (κ2) is 5.15. The highest BCUT2D eigenvalue weighted by Crippen LogP contribution is 2.24. The standard InChI is InChI=1S/C14H19N3/c1-4-14-13(10-17(3)16-14)12-7-5-6-11(8-12)9-15-2/h5-8,10,15H,4,9H2,1-3H3. The van der Waals surface area contributed by atoms with Gasteiger partial charge in [-0.05, 0) is 30.7 Å². The van der Waals surface area contributed by atoms with Crippen LogP contribution < -0.4 is 5.32 Å². The van der Waals surface area contributed by atoms with Crippen LogP contribution in [0.2, 0.25) is 0 Å². The number of nitrogens with zero attached hydrogens (tertiary/aromatic N) is 2. The largest absolute Gasteiger partial charge is 0.316 e. The second-order valence-electron chi connectivity index (χ2n) is 4.25. The molecule has 1 aromatic heterocycles. The van der Waals surface area contributed by atoms with Gasteiger partial charge in [-0.1, -0.05) is 25.1 Å². The molecular weight excluding hydrogens is 210 g/mol. The normalized spacial score (nSPS) is 10.8. The smallest absolute Gasteiger partial charge is 0.0700 e. The molecule has 0 aliphatic rings. The lowest BCUT2D eigenvalue weighted by molar-refractivity contribution is 0.746. The Morgan fingerprint density at radius 1 is 1.35 bits per heavy atom. The van der Waals surface area contributed by atoms with Gasteiger partial charge >= 0.3 is 0 Å². The summed E-state index contributed by atoms with van der Waals surface area (Å²) in [5.41, 5.74) is 4.96. The van der Waals surface area contributed by atoms with Gasteiger partial charge in [-0.25, -0.2) is 0 Å². The highest BCUT2D eigenvalue weighted by atomic mass is 15.2. The Kier molecular flexibility index (Phi) is 3.59. The van der Waals surface area contributed by atoms with Crippen LogP contribution in [0.5, 0.6) is 0 Å². The number of benzene rings is 1. The molecule has 0 fully saturated rings. The van der Waals surface area contributed by atoms with Crippen LogP contribution in [-0.2, 0) is 20.0 Å². The first-order valence-corrected chi connectivity index (χ1v) is 6.01. The minimum atomic E-state index is 0.898. The van der Waals surface area contributed by atoms with Crippen LogP contribution in [-0.4, -0.2) is 16.8 Å². The summed E-state index contributed by atoms with van der Waals surface area (Å²) in [4.78, 5) is 0. The number of aryl methyl sites for hydroxylation is 2. The summed E-state index contributed by atoms with van der Waals surface area (Å²) < 4.78 is 1.89. The molecule has 0 saturated heterocycles. The van der Waals surface area contributed by atoms with Crippen molar-refractivity contribution in [3.8, 4) is 11.1 Å². The predicted molar refractivity (Wildman–Crippen MR) is 70.8 cm³/mol. The van der Waals surface area contributed by atoms with Gasteiger partial charge in [0.1, 0.15) is 0 Å². The van der Waals surface area contributed by atoms with Crippen molar-refractivity contribution in [2.45, 2.75) is 19.9 Å². The van der Waals surface area contributed by atoms with Crippen molar-refractivity contribution in [3.05, 3.63) is 41.7 Å². The molecule has 17 heavy (non-hydrogen) atoms. The Morgan fingerprint density at radius 2 is 2.18 bits per heavy atom. The second-order valence-corrected chi connectivity index (χ2v) is 4.25. The fraction of sp³-hybridized carbons (Fsp3) is 0.357. The van der Waals surface area contributed by atoms with Crippen LogP contribution >= 0.6 is 0 Å². The molecule has 3 nitrogen and oxygen atoms in total. The van der Waals surface area contributed by atoms with Crippen LogP contribution in [0.15, 0.2) is 30.5 Å². The Labute approximate surface area is 102 Å². The van der Waals surface area contributed by atoms with E-state index in [2.05, 4.69) is 47.8 Å². The van der Waals surface area contributed by atoms with E-state index in [9.17, 15) is 0 Å². The van der Waals surface area contributed by atoms with E-state index in [-0.39, 0.29) is 0 Å². The van der Waals surface area contributed by atoms with Gasteiger partial charge in [0.15, 0.2) is 0 Å². The maximum absolute atomic E-state index is 4.48. The van der Waals surface area contributed by atoms with E-state index in [1.807, 2.05) is 18.8 Å². The van der Waals surface area contributed by atoms with Gasteiger partial charge in [-0.2, -0.15) is 5.10 Å². The monoisotopic (exact) mass is 229 g/mol. The Bertz CT molecular complexity index is 500. The lowest BCUT2D eigenvalue weighted by Crippen LogP contribution is -2.04. The van der Waals surface area contributed by atoms with Crippen LogP contribution in [0.3, 0.4) is 0 Å². The molecule has 2 aromatic rings. The van der Waals surface area contributed by atoms with Gasteiger partial charge in [-0.3, -0.25) is 4.68 Å². The summed E-state index contributed by atoms with van der Waals surface area (Å²) in [5.74, 6) is 0. The highest BCUT2D eigenvalue weighted by molar-refractivity contribution is 5.66. The first-order chi connectivity index (χ1) is 8.24. The lowest BCUT2D eigenvalue weighted by atomic mass is 10.0. The van der Waals surface area contributed by atoms with Gasteiger partial charge in [0, 0.05) is 25.4 Å². The van der Waals surface area contributed by atoms with Crippen molar-refractivity contribution in [3.63, 3.8) is 0 Å². The third-order valence-electron chi connectivity index (χ3n) is 2.86. The fourth-order valence-corrected chi connectivity index (χ4v) is 2.09. The molecular formula is C14H19N3. The maximum Gasteiger partial charge on any atom is 0.0700 e.